The van der Waals surface area contributed by atoms with Crippen LogP contribution in [0.25, 0.3) is 0 Å². The van der Waals surface area contributed by atoms with Gasteiger partial charge in [-0.1, -0.05) is 18.7 Å². The molecule has 21 heavy (non-hydrogen) atoms. The molecule has 1 heterocycles. The number of anilines is 1. The summed E-state index contributed by atoms with van der Waals surface area (Å²) in [5.41, 5.74) is 0.230. The Balaban J connectivity index is 2.32. The van der Waals surface area contributed by atoms with E-state index < -0.39 is 27.1 Å². The number of halogens is 1. The molecule has 0 radical (unpaired) electrons. The lowest BCUT2D eigenvalue weighted by molar-refractivity contribution is -0.139. The lowest BCUT2D eigenvalue weighted by atomic mass is 10.3. The maximum absolute atomic E-state index is 13.1. The Hall–Kier alpha value is -1.61. The van der Waals surface area contributed by atoms with Crippen molar-refractivity contribution in [1.29, 1.82) is 0 Å². The number of thioether (sulfide) groups is 1. The molecule has 6 nitrogen and oxygen atoms in total. The van der Waals surface area contributed by atoms with Crippen LogP contribution < -0.4 is 5.32 Å². The smallest absolute Gasteiger partial charge is 0.319 e. The molecule has 2 rings (SSSR count). The highest BCUT2D eigenvalue weighted by atomic mass is 32.2. The third kappa shape index (κ3) is 3.35. The number of nitrogens with one attached hydrogen (secondary N) is 1. The van der Waals surface area contributed by atoms with Gasteiger partial charge in [0.15, 0.2) is 5.17 Å². The van der Waals surface area contributed by atoms with Crippen molar-refractivity contribution in [2.45, 2.75) is 23.5 Å². The van der Waals surface area contributed by atoms with Crippen molar-refractivity contribution in [2.24, 2.45) is 4.40 Å². The van der Waals surface area contributed by atoms with Crippen LogP contribution in [0.2, 0.25) is 0 Å². The monoisotopic (exact) mass is 332 g/mol. The lowest BCUT2D eigenvalue weighted by Gasteiger charge is -2.20. The van der Waals surface area contributed by atoms with Crippen LogP contribution in [0.1, 0.15) is 13.3 Å². The van der Waals surface area contributed by atoms with Gasteiger partial charge in [-0.2, -0.15) is 8.42 Å². The van der Waals surface area contributed by atoms with E-state index in [4.69, 9.17) is 0 Å². The number of hydrogen-bond donors (Lipinski definition) is 1. The predicted octanol–water partition coefficient (Wildman–Crippen LogP) is 1.98. The number of esters is 1. The number of hydrogen-bond acceptors (Lipinski definition) is 6. The SMILES string of the molecule is CC[C@H](SC1=NS(=O)(=O)c2cc(F)ccc2N1)C(=O)OC. The first-order valence-corrected chi connectivity index (χ1v) is 8.35. The fourth-order valence-electron chi connectivity index (χ4n) is 1.72. The number of carbonyl (C=O) groups excluding carboxylic acids is 1. The second-order valence-corrected chi connectivity index (χ2v) is 6.94. The molecule has 1 aliphatic rings. The number of amidine groups is 1. The van der Waals surface area contributed by atoms with Gasteiger partial charge in [0.1, 0.15) is 16.0 Å². The van der Waals surface area contributed by atoms with Gasteiger partial charge in [-0.15, -0.1) is 4.40 Å². The van der Waals surface area contributed by atoms with Gasteiger partial charge in [0.25, 0.3) is 10.0 Å². The van der Waals surface area contributed by atoms with Gasteiger partial charge < -0.3 is 10.1 Å². The zero-order valence-corrected chi connectivity index (χ0v) is 12.9. The van der Waals surface area contributed by atoms with Crippen LogP contribution in [-0.4, -0.2) is 31.9 Å². The summed E-state index contributed by atoms with van der Waals surface area (Å²) in [6.07, 6.45) is 0.453. The molecular weight excluding hydrogens is 319 g/mol. The van der Waals surface area contributed by atoms with Gasteiger partial charge in [-0.25, -0.2) is 4.39 Å². The molecule has 1 atom stereocenters. The first kappa shape index (κ1) is 15.8. The Kier molecular flexibility index (Phi) is 4.52. The van der Waals surface area contributed by atoms with E-state index in [1.807, 2.05) is 0 Å². The summed E-state index contributed by atoms with van der Waals surface area (Å²) in [4.78, 5) is 11.3. The molecule has 0 aliphatic carbocycles. The third-order valence-electron chi connectivity index (χ3n) is 2.76. The maximum Gasteiger partial charge on any atom is 0.319 e. The highest BCUT2D eigenvalue weighted by Crippen LogP contribution is 2.31. The van der Waals surface area contributed by atoms with E-state index >= 15 is 0 Å². The quantitative estimate of drug-likeness (QED) is 0.852. The zero-order valence-electron chi connectivity index (χ0n) is 11.3. The fraction of sp³-hybridized carbons (Fsp3) is 0.333. The van der Waals surface area contributed by atoms with Crippen molar-refractivity contribution in [3.63, 3.8) is 0 Å². The van der Waals surface area contributed by atoms with Gasteiger partial charge in [0.05, 0.1) is 12.8 Å². The van der Waals surface area contributed by atoms with Crippen LogP contribution in [0.3, 0.4) is 0 Å². The van der Waals surface area contributed by atoms with Crippen molar-refractivity contribution in [3.8, 4) is 0 Å². The van der Waals surface area contributed by atoms with Crippen LogP contribution in [0, 0.1) is 5.82 Å². The van der Waals surface area contributed by atoms with E-state index in [-0.39, 0.29) is 15.8 Å². The minimum Gasteiger partial charge on any atom is -0.468 e. The highest BCUT2D eigenvalue weighted by molar-refractivity contribution is 8.15. The van der Waals surface area contributed by atoms with Crippen LogP contribution in [0.5, 0.6) is 0 Å². The predicted molar refractivity (Wildman–Crippen MR) is 78.3 cm³/mol. The summed E-state index contributed by atoms with van der Waals surface area (Å²) in [5.74, 6) is -1.12. The molecule has 0 bridgehead atoms. The van der Waals surface area contributed by atoms with Crippen molar-refractivity contribution >= 4 is 38.6 Å². The third-order valence-corrected chi connectivity index (χ3v) is 5.41. The molecule has 1 aromatic rings. The molecule has 9 heteroatoms. The van der Waals surface area contributed by atoms with E-state index in [0.29, 0.717) is 6.42 Å². The van der Waals surface area contributed by atoms with Crippen molar-refractivity contribution in [1.82, 2.24) is 0 Å². The van der Waals surface area contributed by atoms with Gasteiger partial charge >= 0.3 is 5.97 Å². The van der Waals surface area contributed by atoms with Crippen LogP contribution >= 0.6 is 11.8 Å². The first-order chi connectivity index (χ1) is 9.87. The number of nitrogens with zero attached hydrogens (tertiary/aromatic N) is 1. The summed E-state index contributed by atoms with van der Waals surface area (Å²) >= 11 is 0.960. The average Bonchev–Trinajstić information content (AvgIpc) is 2.44. The summed E-state index contributed by atoms with van der Waals surface area (Å²) in [7, 11) is -2.73. The fourth-order valence-corrected chi connectivity index (χ4v) is 4.01. The summed E-state index contributed by atoms with van der Waals surface area (Å²) in [6.45, 7) is 1.77. The molecule has 0 saturated heterocycles. The van der Waals surface area contributed by atoms with Gasteiger partial charge in [-0.3, -0.25) is 4.79 Å². The van der Waals surface area contributed by atoms with Gasteiger partial charge in [-0.05, 0) is 24.6 Å². The standard InChI is InChI=1S/C12H13FN2O4S2/c1-3-9(11(16)19-2)20-12-14-8-5-4-7(13)6-10(8)21(17,18)15-12/h4-6,9H,3H2,1-2H3,(H,14,15)/t9-/m0/s1. The van der Waals surface area contributed by atoms with Crippen LogP contribution in [-0.2, 0) is 19.6 Å². The van der Waals surface area contributed by atoms with Gasteiger partial charge in [0, 0.05) is 0 Å². The van der Waals surface area contributed by atoms with Gasteiger partial charge in [0.2, 0.25) is 0 Å². The molecule has 1 aromatic carbocycles. The van der Waals surface area contributed by atoms with E-state index in [1.165, 1.54) is 13.2 Å². The van der Waals surface area contributed by atoms with Crippen molar-refractivity contribution < 1.29 is 22.3 Å². The summed E-state index contributed by atoms with van der Waals surface area (Å²) < 4.78 is 45.4. The Morgan fingerprint density at radius 1 is 1.52 bits per heavy atom. The molecule has 1 N–H and O–H groups in total. The number of sulfonamides is 1. The Morgan fingerprint density at radius 3 is 2.86 bits per heavy atom. The second-order valence-electron chi connectivity index (χ2n) is 4.17. The molecule has 1 aliphatic heterocycles. The van der Waals surface area contributed by atoms with Crippen molar-refractivity contribution in [3.05, 3.63) is 24.0 Å². The Labute approximate surface area is 125 Å². The van der Waals surface area contributed by atoms with E-state index in [1.54, 1.807) is 6.92 Å². The number of rotatable bonds is 3. The highest BCUT2D eigenvalue weighted by Gasteiger charge is 2.29. The first-order valence-electron chi connectivity index (χ1n) is 6.03. The Bertz CT molecular complexity index is 703. The second kappa shape index (κ2) is 6.02. The summed E-state index contributed by atoms with van der Waals surface area (Å²) in [5, 5.41) is 2.27. The number of methoxy groups -OCH3 is 1. The number of carbonyl (C=O) groups is 1. The molecule has 114 valence electrons. The molecule has 0 amide bonds. The minimum atomic E-state index is -3.99. The average molecular weight is 332 g/mol. The number of benzene rings is 1. The van der Waals surface area contributed by atoms with Crippen LogP contribution in [0.4, 0.5) is 10.1 Å². The Morgan fingerprint density at radius 2 is 2.24 bits per heavy atom. The number of ether oxygens (including phenoxy) is 1. The van der Waals surface area contributed by atoms with Crippen LogP contribution in [0.15, 0.2) is 27.5 Å². The molecule has 0 unspecified atom stereocenters. The van der Waals surface area contributed by atoms with E-state index in [9.17, 15) is 17.6 Å². The molecule has 0 aromatic heterocycles. The molecule has 0 fully saturated rings. The summed E-state index contributed by atoms with van der Waals surface area (Å²) in [6, 6.07) is 3.36. The zero-order chi connectivity index (χ0) is 15.6. The number of fused-ring (bicyclic) bond motifs is 1. The van der Waals surface area contributed by atoms with E-state index in [0.717, 1.165) is 23.9 Å². The van der Waals surface area contributed by atoms with E-state index in [2.05, 4.69) is 14.5 Å². The topological polar surface area (TPSA) is 84.8 Å². The molecular formula is C12H13FN2O4S2. The molecule has 0 saturated carbocycles. The maximum atomic E-state index is 13.1. The minimum absolute atomic E-state index is 0.0614. The molecule has 0 spiro atoms. The largest absolute Gasteiger partial charge is 0.468 e. The van der Waals surface area contributed by atoms with Crippen molar-refractivity contribution in [2.75, 3.05) is 12.4 Å². The normalized spacial score (nSPS) is 17.2. The lowest BCUT2D eigenvalue weighted by Crippen LogP contribution is -2.25.